The molecule has 0 saturated carbocycles. The van der Waals surface area contributed by atoms with E-state index >= 15 is 0 Å². The smallest absolute Gasteiger partial charge is 0.367 e. The van der Waals surface area contributed by atoms with Gasteiger partial charge in [0, 0.05) is 0 Å². The van der Waals surface area contributed by atoms with Gasteiger partial charge in [-0.05, 0) is 37.0 Å². The van der Waals surface area contributed by atoms with Crippen LogP contribution in [0, 0.1) is 23.7 Å². The summed E-state index contributed by atoms with van der Waals surface area (Å²) >= 11 is 0. The molecule has 0 amide bonds. The minimum atomic E-state index is -3.19. The third-order valence-corrected chi connectivity index (χ3v) is 6.46. The first-order valence-electron chi connectivity index (χ1n) is 14.8. The van der Waals surface area contributed by atoms with E-state index in [1.807, 2.05) is 0 Å². The van der Waals surface area contributed by atoms with Crippen LogP contribution in [0.25, 0.3) is 0 Å². The lowest BCUT2D eigenvalue weighted by molar-refractivity contribution is -0.233. The van der Waals surface area contributed by atoms with Crippen molar-refractivity contribution in [3.05, 3.63) is 0 Å². The standard InChI is InChI=1S/C30H56O8/c1-23(2)16-10-7-13-19-36-27(31)22-26(28(32)37-20-14-8-11-17-24(3)4)30(34,35)29(33)38-21-15-9-12-18-25(5)6/h23-26,34-35H,7-22H2,1-6H3. The SMILES string of the molecule is CC(C)CCCCCOC(=O)CC(C(=O)OCCCCCC(C)C)C(O)(O)C(=O)OCCCCCC(C)C. The maximum atomic E-state index is 12.8. The molecule has 0 radical (unpaired) electrons. The number of unbranched alkanes of at least 4 members (excludes halogenated alkanes) is 6. The van der Waals surface area contributed by atoms with Gasteiger partial charge < -0.3 is 24.4 Å². The average Bonchev–Trinajstić information content (AvgIpc) is 2.83. The van der Waals surface area contributed by atoms with Gasteiger partial charge in [0.1, 0.15) is 5.92 Å². The molecule has 0 aliphatic rings. The minimum absolute atomic E-state index is 0.00175. The van der Waals surface area contributed by atoms with E-state index in [9.17, 15) is 24.6 Å². The Labute approximate surface area is 231 Å². The van der Waals surface area contributed by atoms with Gasteiger partial charge in [0.15, 0.2) is 0 Å². The van der Waals surface area contributed by atoms with Crippen molar-refractivity contribution in [2.75, 3.05) is 19.8 Å². The average molecular weight is 545 g/mol. The highest BCUT2D eigenvalue weighted by molar-refractivity contribution is 5.88. The Morgan fingerprint density at radius 2 is 0.974 bits per heavy atom. The third-order valence-electron chi connectivity index (χ3n) is 6.46. The molecular weight excluding hydrogens is 488 g/mol. The summed E-state index contributed by atoms with van der Waals surface area (Å²) < 4.78 is 15.5. The van der Waals surface area contributed by atoms with E-state index in [1.54, 1.807) is 0 Å². The highest BCUT2D eigenvalue weighted by Gasteiger charge is 2.50. The molecule has 0 saturated heterocycles. The van der Waals surface area contributed by atoms with E-state index in [4.69, 9.17) is 14.2 Å². The fourth-order valence-corrected chi connectivity index (χ4v) is 3.98. The Balaban J connectivity index is 4.91. The van der Waals surface area contributed by atoms with Gasteiger partial charge >= 0.3 is 17.9 Å². The first-order valence-corrected chi connectivity index (χ1v) is 14.8. The molecule has 0 aliphatic carbocycles. The van der Waals surface area contributed by atoms with Crippen LogP contribution in [-0.4, -0.2) is 53.7 Å². The molecule has 0 aromatic rings. The predicted molar refractivity (Wildman–Crippen MR) is 148 cm³/mol. The van der Waals surface area contributed by atoms with Gasteiger partial charge in [-0.2, -0.15) is 0 Å². The number of esters is 3. The Kier molecular flexibility index (Phi) is 20.3. The van der Waals surface area contributed by atoms with Crippen LogP contribution >= 0.6 is 0 Å². The number of carbonyl (C=O) groups excluding carboxylic acids is 3. The Morgan fingerprint density at radius 3 is 1.39 bits per heavy atom. The van der Waals surface area contributed by atoms with Crippen molar-refractivity contribution in [2.45, 2.75) is 131 Å². The molecule has 0 bridgehead atoms. The molecule has 0 heterocycles. The van der Waals surface area contributed by atoms with Crippen LogP contribution in [-0.2, 0) is 28.6 Å². The zero-order valence-electron chi connectivity index (χ0n) is 25.0. The lowest BCUT2D eigenvalue weighted by Crippen LogP contribution is -2.51. The second kappa shape index (κ2) is 21.2. The summed E-state index contributed by atoms with van der Waals surface area (Å²) in [4.78, 5) is 37.7. The number of carbonyl (C=O) groups is 3. The summed E-state index contributed by atoms with van der Waals surface area (Å²) in [6, 6.07) is 0. The van der Waals surface area contributed by atoms with E-state index < -0.39 is 36.0 Å². The molecule has 224 valence electrons. The summed E-state index contributed by atoms with van der Waals surface area (Å²) in [5.41, 5.74) is 0. The molecule has 1 atom stereocenters. The fraction of sp³-hybridized carbons (Fsp3) is 0.900. The summed E-state index contributed by atoms with van der Waals surface area (Å²) in [6.07, 6.45) is 9.99. The van der Waals surface area contributed by atoms with Gasteiger partial charge in [0.25, 0.3) is 5.79 Å². The van der Waals surface area contributed by atoms with Crippen molar-refractivity contribution in [3.8, 4) is 0 Å². The van der Waals surface area contributed by atoms with Crippen molar-refractivity contribution in [1.82, 2.24) is 0 Å². The normalized spacial score (nSPS) is 12.7. The summed E-state index contributed by atoms with van der Waals surface area (Å²) in [6.45, 7) is 13.1. The Morgan fingerprint density at radius 1 is 0.579 bits per heavy atom. The van der Waals surface area contributed by atoms with Gasteiger partial charge in [-0.1, -0.05) is 99.3 Å². The number of hydrogen-bond acceptors (Lipinski definition) is 8. The van der Waals surface area contributed by atoms with Gasteiger partial charge in [-0.15, -0.1) is 0 Å². The maximum absolute atomic E-state index is 12.8. The predicted octanol–water partition coefficient (Wildman–Crippen LogP) is 5.95. The van der Waals surface area contributed by atoms with Crippen molar-refractivity contribution < 1.29 is 38.8 Å². The van der Waals surface area contributed by atoms with E-state index in [1.165, 1.54) is 0 Å². The second-order valence-corrected chi connectivity index (χ2v) is 11.7. The quantitative estimate of drug-likeness (QED) is 0.0701. The highest BCUT2D eigenvalue weighted by Crippen LogP contribution is 2.24. The van der Waals surface area contributed by atoms with E-state index in [2.05, 4.69) is 41.5 Å². The van der Waals surface area contributed by atoms with E-state index in [-0.39, 0.29) is 19.8 Å². The highest BCUT2D eigenvalue weighted by atomic mass is 16.6. The third kappa shape index (κ3) is 18.6. The van der Waals surface area contributed by atoms with Crippen LogP contribution in [0.2, 0.25) is 0 Å². The largest absolute Gasteiger partial charge is 0.466 e. The Hall–Kier alpha value is -1.67. The summed E-state index contributed by atoms with van der Waals surface area (Å²) in [5.74, 6) is -6.41. The molecule has 2 N–H and O–H groups in total. The number of aliphatic hydroxyl groups is 2. The zero-order chi connectivity index (χ0) is 29.0. The van der Waals surface area contributed by atoms with Crippen LogP contribution in [0.1, 0.15) is 125 Å². The summed E-state index contributed by atoms with van der Waals surface area (Å²) in [5, 5.41) is 21.2. The first kappa shape index (κ1) is 36.3. The molecule has 0 aliphatic heterocycles. The van der Waals surface area contributed by atoms with Gasteiger partial charge in [0.2, 0.25) is 0 Å². The number of hydrogen-bond donors (Lipinski definition) is 2. The molecule has 0 aromatic carbocycles. The van der Waals surface area contributed by atoms with Crippen LogP contribution in [0.5, 0.6) is 0 Å². The van der Waals surface area contributed by atoms with Gasteiger partial charge in [-0.3, -0.25) is 9.59 Å². The minimum Gasteiger partial charge on any atom is -0.466 e. The van der Waals surface area contributed by atoms with Crippen molar-refractivity contribution in [1.29, 1.82) is 0 Å². The molecule has 8 nitrogen and oxygen atoms in total. The van der Waals surface area contributed by atoms with Gasteiger partial charge in [0.05, 0.1) is 26.2 Å². The lowest BCUT2D eigenvalue weighted by Gasteiger charge is -2.27. The van der Waals surface area contributed by atoms with Crippen LogP contribution in [0.4, 0.5) is 0 Å². The molecule has 1 unspecified atom stereocenters. The zero-order valence-corrected chi connectivity index (χ0v) is 25.0. The molecule has 0 spiro atoms. The van der Waals surface area contributed by atoms with Crippen LogP contribution in [0.3, 0.4) is 0 Å². The molecular formula is C30H56O8. The molecule has 0 aromatic heterocycles. The fourth-order valence-electron chi connectivity index (χ4n) is 3.98. The van der Waals surface area contributed by atoms with Crippen LogP contribution in [0.15, 0.2) is 0 Å². The molecule has 8 heteroatoms. The van der Waals surface area contributed by atoms with Gasteiger partial charge in [-0.25, -0.2) is 4.79 Å². The Bertz CT molecular complexity index is 642. The first-order chi connectivity index (χ1) is 17.9. The van der Waals surface area contributed by atoms with E-state index in [0.29, 0.717) is 37.0 Å². The van der Waals surface area contributed by atoms with Crippen molar-refractivity contribution in [3.63, 3.8) is 0 Å². The number of rotatable bonds is 23. The molecule has 38 heavy (non-hydrogen) atoms. The van der Waals surface area contributed by atoms with E-state index in [0.717, 1.165) is 57.8 Å². The van der Waals surface area contributed by atoms with Crippen LogP contribution < -0.4 is 0 Å². The number of ether oxygens (including phenoxy) is 3. The maximum Gasteiger partial charge on any atom is 0.367 e. The lowest BCUT2D eigenvalue weighted by atomic mass is 9.95. The monoisotopic (exact) mass is 544 g/mol. The molecule has 0 rings (SSSR count). The summed E-state index contributed by atoms with van der Waals surface area (Å²) in [7, 11) is 0. The molecule has 0 fully saturated rings. The second-order valence-electron chi connectivity index (χ2n) is 11.7. The van der Waals surface area contributed by atoms with Crippen molar-refractivity contribution >= 4 is 17.9 Å². The van der Waals surface area contributed by atoms with Crippen molar-refractivity contribution in [2.24, 2.45) is 23.7 Å². The topological polar surface area (TPSA) is 119 Å².